The third kappa shape index (κ3) is 3.23. The smallest absolute Gasteiger partial charge is 0.109 e. The Morgan fingerprint density at radius 2 is 1.93 bits per heavy atom. The predicted molar refractivity (Wildman–Crippen MR) is 73.7 cm³/mol. The maximum absolute atomic E-state index is 5.58. The van der Waals surface area contributed by atoms with Gasteiger partial charge in [0.2, 0.25) is 0 Å². The Balaban J connectivity index is 2.87. The number of hydrogen-bond acceptors (Lipinski definition) is 1. The number of hydrogen-bond donors (Lipinski definition) is 0. The van der Waals surface area contributed by atoms with E-state index in [0.29, 0.717) is 3.42 Å². The first-order chi connectivity index (χ1) is 6.93. The number of halogens is 1. The van der Waals surface area contributed by atoms with E-state index in [2.05, 4.69) is 56.4 Å². The highest BCUT2D eigenvalue weighted by atomic mass is 127. The van der Waals surface area contributed by atoms with E-state index in [0.717, 1.165) is 12.2 Å². The fourth-order valence-corrected chi connectivity index (χ4v) is 2.79. The Bertz CT molecular complexity index is 289. The van der Waals surface area contributed by atoms with Crippen molar-refractivity contribution in [3.8, 4) is 0 Å². The molecule has 0 saturated heterocycles. The Hall–Kier alpha value is 0.01000. The molecule has 0 N–H and O–H groups in total. The second kappa shape index (κ2) is 4.89. The van der Waals surface area contributed by atoms with Gasteiger partial charge in [-0.15, -0.1) is 0 Å². The van der Waals surface area contributed by atoms with Crippen LogP contribution in [0.15, 0.2) is 22.8 Å². The van der Waals surface area contributed by atoms with Crippen molar-refractivity contribution in [2.75, 3.05) is 0 Å². The van der Waals surface area contributed by atoms with E-state index < -0.39 is 0 Å². The summed E-state index contributed by atoms with van der Waals surface area (Å²) >= 11 is 2.57. The second-order valence-electron chi connectivity index (χ2n) is 4.84. The van der Waals surface area contributed by atoms with Crippen LogP contribution in [0.4, 0.5) is 0 Å². The summed E-state index contributed by atoms with van der Waals surface area (Å²) in [5.41, 5.74) is 0.176. The normalized spacial score (nSPS) is 19.5. The Morgan fingerprint density at radius 1 is 1.27 bits per heavy atom. The summed E-state index contributed by atoms with van der Waals surface area (Å²) in [6.45, 7) is 9.12. The molecule has 0 bridgehead atoms. The van der Waals surface area contributed by atoms with E-state index in [-0.39, 0.29) is 5.41 Å². The molecule has 2 heteroatoms. The van der Waals surface area contributed by atoms with Crippen molar-refractivity contribution in [2.45, 2.75) is 55.8 Å². The van der Waals surface area contributed by atoms with Crippen molar-refractivity contribution in [1.29, 1.82) is 0 Å². The molecule has 1 heterocycles. The van der Waals surface area contributed by atoms with Crippen molar-refractivity contribution < 1.29 is 4.42 Å². The lowest BCUT2D eigenvalue weighted by atomic mass is 9.76. The average molecular weight is 320 g/mol. The molecular formula is C13H21IO. The van der Waals surface area contributed by atoms with Crippen LogP contribution in [0.5, 0.6) is 0 Å². The van der Waals surface area contributed by atoms with Crippen LogP contribution in [-0.4, -0.2) is 3.42 Å². The minimum Gasteiger partial charge on any atom is -0.469 e. The Labute approximate surface area is 107 Å². The van der Waals surface area contributed by atoms with E-state index in [1.54, 1.807) is 6.26 Å². The number of rotatable bonds is 5. The minimum atomic E-state index is 0.176. The van der Waals surface area contributed by atoms with Gasteiger partial charge in [-0.2, -0.15) is 0 Å². The summed E-state index contributed by atoms with van der Waals surface area (Å²) in [5, 5.41) is 0. The van der Waals surface area contributed by atoms with Crippen LogP contribution in [0.1, 0.15) is 52.7 Å². The molecule has 1 aromatic heterocycles. The van der Waals surface area contributed by atoms with E-state index in [1.165, 1.54) is 12.8 Å². The van der Waals surface area contributed by atoms with Gasteiger partial charge in [-0.05, 0) is 31.4 Å². The van der Waals surface area contributed by atoms with Crippen LogP contribution in [-0.2, 0) is 5.41 Å². The highest BCUT2D eigenvalue weighted by Crippen LogP contribution is 2.41. The molecule has 0 aliphatic heterocycles. The first-order valence-electron chi connectivity index (χ1n) is 5.66. The molecule has 1 aromatic rings. The largest absolute Gasteiger partial charge is 0.469 e. The summed E-state index contributed by atoms with van der Waals surface area (Å²) in [4.78, 5) is 0. The molecule has 0 amide bonds. The molecule has 0 aliphatic carbocycles. The molecule has 0 aliphatic rings. The fraction of sp³-hybridized carbons (Fsp3) is 0.692. The van der Waals surface area contributed by atoms with E-state index in [4.69, 9.17) is 4.42 Å². The number of alkyl halides is 1. The van der Waals surface area contributed by atoms with Gasteiger partial charge in [0.1, 0.15) is 5.76 Å². The predicted octanol–water partition coefficient (Wildman–Crippen LogP) is 4.94. The van der Waals surface area contributed by atoms with Crippen LogP contribution in [0.2, 0.25) is 0 Å². The van der Waals surface area contributed by atoms with Gasteiger partial charge in [-0.3, -0.25) is 0 Å². The summed E-state index contributed by atoms with van der Waals surface area (Å²) in [6.07, 6.45) is 5.27. The SMILES string of the molecule is CCC(C)(I)CC(C)(CC)c1ccco1. The van der Waals surface area contributed by atoms with Crippen LogP contribution >= 0.6 is 22.6 Å². The molecule has 0 spiro atoms. The van der Waals surface area contributed by atoms with Crippen LogP contribution in [0.25, 0.3) is 0 Å². The van der Waals surface area contributed by atoms with Crippen molar-refractivity contribution >= 4 is 22.6 Å². The molecule has 86 valence electrons. The monoisotopic (exact) mass is 320 g/mol. The van der Waals surface area contributed by atoms with Crippen LogP contribution < -0.4 is 0 Å². The molecule has 0 saturated carbocycles. The van der Waals surface area contributed by atoms with E-state index in [1.807, 2.05) is 6.07 Å². The molecule has 1 nitrogen and oxygen atoms in total. The molecule has 2 unspecified atom stereocenters. The third-order valence-electron chi connectivity index (χ3n) is 3.39. The van der Waals surface area contributed by atoms with Gasteiger partial charge in [0, 0.05) is 8.84 Å². The lowest BCUT2D eigenvalue weighted by Gasteiger charge is -2.33. The zero-order valence-corrected chi connectivity index (χ0v) is 12.3. The van der Waals surface area contributed by atoms with Crippen molar-refractivity contribution in [3.63, 3.8) is 0 Å². The van der Waals surface area contributed by atoms with Gasteiger partial charge in [0.15, 0.2) is 0 Å². The molecule has 2 atom stereocenters. The fourth-order valence-electron chi connectivity index (χ4n) is 1.95. The lowest BCUT2D eigenvalue weighted by Crippen LogP contribution is -2.30. The zero-order valence-electron chi connectivity index (χ0n) is 10.1. The summed E-state index contributed by atoms with van der Waals surface area (Å²) < 4.78 is 5.93. The van der Waals surface area contributed by atoms with Gasteiger partial charge >= 0.3 is 0 Å². The molecule has 0 fully saturated rings. The topological polar surface area (TPSA) is 13.1 Å². The van der Waals surface area contributed by atoms with E-state index in [9.17, 15) is 0 Å². The minimum absolute atomic E-state index is 0.176. The van der Waals surface area contributed by atoms with Crippen LogP contribution in [0.3, 0.4) is 0 Å². The summed E-state index contributed by atoms with van der Waals surface area (Å²) in [5.74, 6) is 1.13. The Kier molecular flexibility index (Phi) is 4.27. The molecule has 0 aromatic carbocycles. The molecular weight excluding hydrogens is 299 g/mol. The van der Waals surface area contributed by atoms with Gasteiger partial charge in [0.25, 0.3) is 0 Å². The third-order valence-corrected chi connectivity index (χ3v) is 4.54. The lowest BCUT2D eigenvalue weighted by molar-refractivity contribution is 0.303. The van der Waals surface area contributed by atoms with Crippen LogP contribution in [0, 0.1) is 0 Å². The van der Waals surface area contributed by atoms with Gasteiger partial charge in [-0.1, -0.05) is 50.3 Å². The van der Waals surface area contributed by atoms with Gasteiger partial charge in [-0.25, -0.2) is 0 Å². The highest BCUT2D eigenvalue weighted by molar-refractivity contribution is 14.1. The standard InChI is InChI=1S/C13H21IO/c1-5-12(3,10-13(4,14)6-2)11-8-7-9-15-11/h7-9H,5-6,10H2,1-4H3. The van der Waals surface area contributed by atoms with Crippen molar-refractivity contribution in [2.24, 2.45) is 0 Å². The molecule has 15 heavy (non-hydrogen) atoms. The first-order valence-corrected chi connectivity index (χ1v) is 6.74. The van der Waals surface area contributed by atoms with Gasteiger partial charge in [0.05, 0.1) is 6.26 Å². The zero-order chi connectivity index (χ0) is 11.5. The average Bonchev–Trinajstić information content (AvgIpc) is 2.70. The summed E-state index contributed by atoms with van der Waals surface area (Å²) in [7, 11) is 0. The second-order valence-corrected chi connectivity index (χ2v) is 7.44. The van der Waals surface area contributed by atoms with E-state index >= 15 is 0 Å². The van der Waals surface area contributed by atoms with Crippen molar-refractivity contribution in [3.05, 3.63) is 24.2 Å². The maximum atomic E-state index is 5.58. The summed E-state index contributed by atoms with van der Waals surface area (Å²) in [6, 6.07) is 4.09. The Morgan fingerprint density at radius 3 is 2.33 bits per heavy atom. The maximum Gasteiger partial charge on any atom is 0.109 e. The highest BCUT2D eigenvalue weighted by Gasteiger charge is 2.34. The molecule has 0 radical (unpaired) electrons. The molecule has 1 rings (SSSR count). The van der Waals surface area contributed by atoms with Gasteiger partial charge < -0.3 is 4.42 Å². The quantitative estimate of drug-likeness (QED) is 0.553. The van der Waals surface area contributed by atoms with Crippen molar-refractivity contribution in [1.82, 2.24) is 0 Å². The number of furan rings is 1. The first kappa shape index (κ1) is 13.1.